The van der Waals surface area contributed by atoms with Gasteiger partial charge in [0.05, 0.1) is 6.61 Å². The molecular weight excluding hydrogens is 247 g/mol. The number of nitrogens with zero attached hydrogens (tertiary/aromatic N) is 1. The zero-order valence-corrected chi connectivity index (χ0v) is 9.31. The zero-order valence-electron chi connectivity index (χ0n) is 8.56. The standard InChI is InChI=1S/C9H13ClF3NO2/c10-3-1-7(16)14-4-2-8(5-14,6-15)9(11,12)13/h15H,1-6H2. The lowest BCUT2D eigenvalue weighted by Crippen LogP contribution is -2.44. The molecule has 1 rings (SSSR count). The number of aliphatic hydroxyl groups is 1. The Kier molecular flexibility index (Phi) is 4.07. The van der Waals surface area contributed by atoms with E-state index in [1.54, 1.807) is 0 Å². The molecule has 7 heteroatoms. The Labute approximate surface area is 96.2 Å². The van der Waals surface area contributed by atoms with Gasteiger partial charge in [-0.25, -0.2) is 0 Å². The summed E-state index contributed by atoms with van der Waals surface area (Å²) in [6.07, 6.45) is -4.71. The number of rotatable bonds is 3. The Hall–Kier alpha value is -0.490. The number of likely N-dealkylation sites (tertiary alicyclic amines) is 1. The summed E-state index contributed by atoms with van der Waals surface area (Å²) in [5, 5.41) is 8.90. The smallest absolute Gasteiger partial charge is 0.395 e. The van der Waals surface area contributed by atoms with Gasteiger partial charge >= 0.3 is 6.18 Å². The fraction of sp³-hybridized carbons (Fsp3) is 0.889. The summed E-state index contributed by atoms with van der Waals surface area (Å²) < 4.78 is 38.1. The molecule has 1 aliphatic heterocycles. The average Bonchev–Trinajstić information content (AvgIpc) is 2.62. The van der Waals surface area contributed by atoms with E-state index in [1.807, 2.05) is 0 Å². The van der Waals surface area contributed by atoms with Gasteiger partial charge in [0.15, 0.2) is 0 Å². The van der Waals surface area contributed by atoms with Gasteiger partial charge in [-0.1, -0.05) is 0 Å². The van der Waals surface area contributed by atoms with Crippen LogP contribution in [0.1, 0.15) is 12.8 Å². The number of halogens is 4. The summed E-state index contributed by atoms with van der Waals surface area (Å²) in [5.41, 5.74) is -2.16. The Balaban J connectivity index is 2.72. The maximum absolute atomic E-state index is 12.7. The minimum Gasteiger partial charge on any atom is -0.395 e. The molecule has 0 radical (unpaired) electrons. The maximum Gasteiger partial charge on any atom is 0.398 e. The van der Waals surface area contributed by atoms with E-state index in [-0.39, 0.29) is 25.3 Å². The summed E-state index contributed by atoms with van der Waals surface area (Å²) in [4.78, 5) is 12.5. The van der Waals surface area contributed by atoms with Gasteiger partial charge in [-0.05, 0) is 6.42 Å². The first-order chi connectivity index (χ1) is 7.36. The maximum atomic E-state index is 12.7. The van der Waals surface area contributed by atoms with Gasteiger partial charge in [-0.3, -0.25) is 4.79 Å². The number of hydrogen-bond donors (Lipinski definition) is 1. The van der Waals surface area contributed by atoms with Gasteiger partial charge in [0.25, 0.3) is 0 Å². The number of carbonyl (C=O) groups is 1. The highest BCUT2D eigenvalue weighted by molar-refractivity contribution is 6.18. The van der Waals surface area contributed by atoms with Crippen molar-refractivity contribution in [3.63, 3.8) is 0 Å². The van der Waals surface area contributed by atoms with Crippen molar-refractivity contribution < 1.29 is 23.1 Å². The molecule has 1 fully saturated rings. The first-order valence-corrected chi connectivity index (χ1v) is 5.41. The summed E-state index contributed by atoms with van der Waals surface area (Å²) in [6.45, 7) is -1.43. The largest absolute Gasteiger partial charge is 0.398 e. The monoisotopic (exact) mass is 259 g/mol. The first-order valence-electron chi connectivity index (χ1n) is 4.87. The highest BCUT2D eigenvalue weighted by Crippen LogP contribution is 2.45. The van der Waals surface area contributed by atoms with Gasteiger partial charge in [-0.15, -0.1) is 11.6 Å². The molecule has 0 aromatic heterocycles. The van der Waals surface area contributed by atoms with Crippen molar-refractivity contribution in [3.8, 4) is 0 Å². The summed E-state index contributed by atoms with van der Waals surface area (Å²) >= 11 is 5.35. The molecule has 1 aliphatic rings. The van der Waals surface area contributed by atoms with Crippen LogP contribution in [-0.2, 0) is 4.79 Å². The molecule has 1 heterocycles. The predicted molar refractivity (Wildman–Crippen MR) is 52.1 cm³/mol. The lowest BCUT2D eigenvalue weighted by Gasteiger charge is -2.29. The van der Waals surface area contributed by atoms with Gasteiger partial charge in [-0.2, -0.15) is 13.2 Å². The van der Waals surface area contributed by atoms with E-state index in [4.69, 9.17) is 16.7 Å². The Bertz CT molecular complexity index is 272. The number of hydrogen-bond acceptors (Lipinski definition) is 2. The molecule has 16 heavy (non-hydrogen) atoms. The number of aliphatic hydroxyl groups excluding tert-OH is 1. The Morgan fingerprint density at radius 1 is 1.50 bits per heavy atom. The molecule has 1 atom stereocenters. The average molecular weight is 260 g/mol. The molecule has 1 N–H and O–H groups in total. The van der Waals surface area contributed by atoms with Crippen LogP contribution in [0, 0.1) is 5.41 Å². The van der Waals surface area contributed by atoms with E-state index < -0.39 is 30.7 Å². The minimum absolute atomic E-state index is 0.0236. The fourth-order valence-corrected chi connectivity index (χ4v) is 1.94. The second-order valence-corrected chi connectivity index (χ2v) is 4.32. The Morgan fingerprint density at radius 3 is 2.50 bits per heavy atom. The van der Waals surface area contributed by atoms with Crippen LogP contribution < -0.4 is 0 Å². The third-order valence-electron chi connectivity index (χ3n) is 2.92. The highest BCUT2D eigenvalue weighted by atomic mass is 35.5. The number of amides is 1. The van der Waals surface area contributed by atoms with E-state index in [0.29, 0.717) is 0 Å². The second-order valence-electron chi connectivity index (χ2n) is 3.94. The molecular formula is C9H13ClF3NO2. The molecule has 1 amide bonds. The molecule has 0 bridgehead atoms. The van der Waals surface area contributed by atoms with Crippen molar-refractivity contribution in [1.29, 1.82) is 0 Å². The second kappa shape index (κ2) is 4.79. The van der Waals surface area contributed by atoms with Crippen molar-refractivity contribution >= 4 is 17.5 Å². The lowest BCUT2D eigenvalue weighted by atomic mass is 9.87. The third kappa shape index (κ3) is 2.43. The third-order valence-corrected chi connectivity index (χ3v) is 3.11. The van der Waals surface area contributed by atoms with Crippen LogP contribution in [0.2, 0.25) is 0 Å². The van der Waals surface area contributed by atoms with Crippen LogP contribution in [0.3, 0.4) is 0 Å². The van der Waals surface area contributed by atoms with E-state index in [9.17, 15) is 18.0 Å². The van der Waals surface area contributed by atoms with Crippen LogP contribution in [0.25, 0.3) is 0 Å². The molecule has 1 unspecified atom stereocenters. The predicted octanol–water partition coefficient (Wildman–Crippen LogP) is 1.39. The highest BCUT2D eigenvalue weighted by Gasteiger charge is 2.58. The van der Waals surface area contributed by atoms with Crippen molar-refractivity contribution in [3.05, 3.63) is 0 Å². The molecule has 0 saturated carbocycles. The van der Waals surface area contributed by atoms with Crippen LogP contribution in [0.4, 0.5) is 13.2 Å². The van der Waals surface area contributed by atoms with Crippen LogP contribution in [-0.4, -0.2) is 47.7 Å². The normalized spacial score (nSPS) is 26.2. The number of alkyl halides is 4. The van der Waals surface area contributed by atoms with Crippen molar-refractivity contribution in [2.75, 3.05) is 25.6 Å². The van der Waals surface area contributed by atoms with E-state index in [2.05, 4.69) is 0 Å². The molecule has 0 spiro atoms. The van der Waals surface area contributed by atoms with Crippen LogP contribution in [0.15, 0.2) is 0 Å². The van der Waals surface area contributed by atoms with E-state index >= 15 is 0 Å². The molecule has 1 saturated heterocycles. The molecule has 0 aromatic carbocycles. The topological polar surface area (TPSA) is 40.5 Å². The summed E-state index contributed by atoms with van der Waals surface area (Å²) in [6, 6.07) is 0. The molecule has 94 valence electrons. The van der Waals surface area contributed by atoms with Gasteiger partial charge in [0.2, 0.25) is 5.91 Å². The minimum atomic E-state index is -4.49. The molecule has 0 aliphatic carbocycles. The lowest BCUT2D eigenvalue weighted by molar-refractivity contribution is -0.230. The zero-order chi connectivity index (χ0) is 12.4. The SMILES string of the molecule is O=C(CCCl)N1CCC(CO)(C(F)(F)F)C1. The van der Waals surface area contributed by atoms with Gasteiger partial charge < -0.3 is 10.0 Å². The van der Waals surface area contributed by atoms with Crippen molar-refractivity contribution in [2.24, 2.45) is 5.41 Å². The quantitative estimate of drug-likeness (QED) is 0.778. The molecule has 3 nitrogen and oxygen atoms in total. The summed E-state index contributed by atoms with van der Waals surface area (Å²) in [5.74, 6) is -0.303. The van der Waals surface area contributed by atoms with Crippen LogP contribution >= 0.6 is 11.6 Å². The Morgan fingerprint density at radius 2 is 2.12 bits per heavy atom. The van der Waals surface area contributed by atoms with Crippen LogP contribution in [0.5, 0.6) is 0 Å². The van der Waals surface area contributed by atoms with E-state index in [0.717, 1.165) is 4.90 Å². The van der Waals surface area contributed by atoms with Gasteiger partial charge in [0, 0.05) is 25.4 Å². The van der Waals surface area contributed by atoms with Gasteiger partial charge in [0.1, 0.15) is 5.41 Å². The summed E-state index contributed by atoms with van der Waals surface area (Å²) in [7, 11) is 0. The van der Waals surface area contributed by atoms with Crippen molar-refractivity contribution in [2.45, 2.75) is 19.0 Å². The van der Waals surface area contributed by atoms with Crippen molar-refractivity contribution in [1.82, 2.24) is 4.90 Å². The van der Waals surface area contributed by atoms with E-state index in [1.165, 1.54) is 0 Å². The molecule has 0 aromatic rings. The first kappa shape index (κ1) is 13.6. The fourth-order valence-electron chi connectivity index (χ4n) is 1.77. The number of carbonyl (C=O) groups excluding carboxylic acids is 1.